The number of alkyl halides is 3. The fourth-order valence-corrected chi connectivity index (χ4v) is 4.09. The van der Waals surface area contributed by atoms with Crippen LogP contribution in [0, 0.1) is 0 Å². The van der Waals surface area contributed by atoms with E-state index >= 15 is 0 Å². The number of aromatic nitrogens is 5. The fourth-order valence-electron chi connectivity index (χ4n) is 4.09. The standard InChI is InChI=1S/C22H22F3N7/c1-32-12-14(8-29-32)13-4-5-16-17(10-27-19(16)7-13)20-18(22(23,24)25)11-28-21(31-20)30-15-3-2-6-26-9-15/h4-5,7-8,10-12,15,26-27H,2-3,6,9H2,1H3,(H,28,30,31)/t15-/m0/s1. The average Bonchev–Trinajstić information content (AvgIpc) is 3.39. The van der Waals surface area contributed by atoms with E-state index in [1.807, 2.05) is 31.4 Å². The van der Waals surface area contributed by atoms with Crippen LogP contribution in [0.1, 0.15) is 18.4 Å². The third-order valence-electron chi connectivity index (χ3n) is 5.70. The predicted octanol–water partition coefficient (Wildman–Crippen LogP) is 4.21. The van der Waals surface area contributed by atoms with Gasteiger partial charge in [-0.2, -0.15) is 18.3 Å². The number of aryl methyl sites for hydroxylation is 1. The highest BCUT2D eigenvalue weighted by Gasteiger charge is 2.36. The van der Waals surface area contributed by atoms with Gasteiger partial charge in [0.2, 0.25) is 5.95 Å². The van der Waals surface area contributed by atoms with E-state index in [2.05, 4.69) is 30.7 Å². The van der Waals surface area contributed by atoms with E-state index in [1.54, 1.807) is 17.1 Å². The molecule has 166 valence electrons. The first-order valence-corrected chi connectivity index (χ1v) is 10.4. The zero-order chi connectivity index (χ0) is 22.3. The average molecular weight is 441 g/mol. The lowest BCUT2D eigenvalue weighted by Crippen LogP contribution is -2.38. The lowest BCUT2D eigenvalue weighted by atomic mass is 10.0. The monoisotopic (exact) mass is 441 g/mol. The van der Waals surface area contributed by atoms with E-state index in [1.165, 1.54) is 0 Å². The van der Waals surface area contributed by atoms with E-state index in [4.69, 9.17) is 0 Å². The number of anilines is 1. The third kappa shape index (κ3) is 3.93. The predicted molar refractivity (Wildman–Crippen MR) is 116 cm³/mol. The zero-order valence-corrected chi connectivity index (χ0v) is 17.4. The number of benzene rings is 1. The summed E-state index contributed by atoms with van der Waals surface area (Å²) in [5.74, 6) is 0.197. The van der Waals surface area contributed by atoms with Crippen molar-refractivity contribution in [3.8, 4) is 22.4 Å². The van der Waals surface area contributed by atoms with Crippen LogP contribution < -0.4 is 10.6 Å². The summed E-state index contributed by atoms with van der Waals surface area (Å²) in [5, 5.41) is 11.3. The smallest absolute Gasteiger partial charge is 0.360 e. The van der Waals surface area contributed by atoms with Gasteiger partial charge >= 0.3 is 6.18 Å². The molecule has 1 saturated heterocycles. The molecule has 1 aromatic carbocycles. The van der Waals surface area contributed by atoms with Gasteiger partial charge in [0, 0.05) is 60.3 Å². The minimum Gasteiger partial charge on any atom is -0.360 e. The summed E-state index contributed by atoms with van der Waals surface area (Å²) < 4.78 is 43.1. The van der Waals surface area contributed by atoms with Crippen LogP contribution in [0.25, 0.3) is 33.3 Å². The molecule has 4 heterocycles. The Morgan fingerprint density at radius 3 is 2.78 bits per heavy atom. The molecule has 4 aromatic rings. The largest absolute Gasteiger partial charge is 0.419 e. The number of piperidine rings is 1. The lowest BCUT2D eigenvalue weighted by molar-refractivity contribution is -0.137. The molecule has 3 aromatic heterocycles. The van der Waals surface area contributed by atoms with Gasteiger partial charge in [-0.15, -0.1) is 0 Å². The molecule has 0 radical (unpaired) electrons. The maximum atomic E-state index is 13.8. The van der Waals surface area contributed by atoms with Crippen molar-refractivity contribution in [3.05, 3.63) is 48.5 Å². The Hall–Kier alpha value is -3.40. The van der Waals surface area contributed by atoms with E-state index in [0.717, 1.165) is 48.8 Å². The number of hydrogen-bond acceptors (Lipinski definition) is 5. The minimum absolute atomic E-state index is 0.0818. The van der Waals surface area contributed by atoms with E-state index in [-0.39, 0.29) is 17.7 Å². The molecule has 1 aliphatic heterocycles. The number of rotatable bonds is 4. The van der Waals surface area contributed by atoms with Crippen LogP contribution in [0.2, 0.25) is 0 Å². The summed E-state index contributed by atoms with van der Waals surface area (Å²) in [6, 6.07) is 5.66. The van der Waals surface area contributed by atoms with Crippen LogP contribution >= 0.6 is 0 Å². The Morgan fingerprint density at radius 1 is 1.19 bits per heavy atom. The van der Waals surface area contributed by atoms with Gasteiger partial charge in [0.05, 0.1) is 11.9 Å². The molecule has 5 rings (SSSR count). The quantitative estimate of drug-likeness (QED) is 0.442. The SMILES string of the molecule is Cn1cc(-c2ccc3c(-c4nc(N[C@H]5CCCNC5)ncc4C(F)(F)F)c[nH]c3c2)cn1. The first-order valence-electron chi connectivity index (χ1n) is 10.4. The Kier molecular flexibility index (Phi) is 5.09. The van der Waals surface area contributed by atoms with Gasteiger partial charge < -0.3 is 15.6 Å². The molecule has 0 spiro atoms. The Labute approximate surface area is 182 Å². The summed E-state index contributed by atoms with van der Waals surface area (Å²) in [4.78, 5) is 11.4. The Balaban J connectivity index is 1.56. The molecule has 0 unspecified atom stereocenters. The van der Waals surface area contributed by atoms with E-state index in [9.17, 15) is 13.2 Å². The molecule has 0 aliphatic carbocycles. The normalized spacial score (nSPS) is 17.1. The number of fused-ring (bicyclic) bond motifs is 1. The van der Waals surface area contributed by atoms with Crippen molar-refractivity contribution in [3.63, 3.8) is 0 Å². The fraction of sp³-hybridized carbons (Fsp3) is 0.318. The number of H-pyrrole nitrogens is 1. The minimum atomic E-state index is -4.57. The number of nitrogens with zero attached hydrogens (tertiary/aromatic N) is 4. The van der Waals surface area contributed by atoms with Crippen molar-refractivity contribution in [1.82, 2.24) is 30.0 Å². The molecule has 1 fully saturated rings. The van der Waals surface area contributed by atoms with Crippen molar-refractivity contribution in [2.24, 2.45) is 7.05 Å². The van der Waals surface area contributed by atoms with Crippen LogP contribution in [-0.4, -0.2) is 43.9 Å². The van der Waals surface area contributed by atoms with Crippen molar-refractivity contribution >= 4 is 16.9 Å². The summed E-state index contributed by atoms with van der Waals surface area (Å²) in [5.41, 5.74) is 1.96. The van der Waals surface area contributed by atoms with Crippen LogP contribution in [0.15, 0.2) is 43.0 Å². The van der Waals surface area contributed by atoms with Gasteiger partial charge in [0.25, 0.3) is 0 Å². The number of aromatic amines is 1. The highest BCUT2D eigenvalue weighted by Crippen LogP contribution is 2.39. The van der Waals surface area contributed by atoms with Gasteiger partial charge in [0.15, 0.2) is 0 Å². The van der Waals surface area contributed by atoms with Crippen molar-refractivity contribution in [2.45, 2.75) is 25.1 Å². The topological polar surface area (TPSA) is 83.5 Å². The molecular weight excluding hydrogens is 419 g/mol. The maximum absolute atomic E-state index is 13.8. The van der Waals surface area contributed by atoms with Crippen LogP contribution in [0.3, 0.4) is 0 Å². The number of hydrogen-bond donors (Lipinski definition) is 3. The number of nitrogens with one attached hydrogen (secondary N) is 3. The van der Waals surface area contributed by atoms with Gasteiger partial charge in [-0.1, -0.05) is 12.1 Å². The Bertz CT molecular complexity index is 1250. The molecule has 3 N–H and O–H groups in total. The molecule has 32 heavy (non-hydrogen) atoms. The highest BCUT2D eigenvalue weighted by molar-refractivity contribution is 5.97. The first-order chi connectivity index (χ1) is 15.4. The van der Waals surface area contributed by atoms with Crippen LogP contribution in [0.4, 0.5) is 19.1 Å². The highest BCUT2D eigenvalue weighted by atomic mass is 19.4. The van der Waals surface area contributed by atoms with Crippen LogP contribution in [-0.2, 0) is 13.2 Å². The first kappa shape index (κ1) is 20.5. The van der Waals surface area contributed by atoms with Crippen molar-refractivity contribution in [2.75, 3.05) is 18.4 Å². The molecule has 1 aliphatic rings. The molecule has 10 heteroatoms. The second kappa shape index (κ2) is 7.94. The summed E-state index contributed by atoms with van der Waals surface area (Å²) in [7, 11) is 1.83. The number of halogens is 3. The molecule has 0 bridgehead atoms. The lowest BCUT2D eigenvalue weighted by Gasteiger charge is -2.24. The van der Waals surface area contributed by atoms with Gasteiger partial charge in [-0.05, 0) is 31.0 Å². The Morgan fingerprint density at radius 2 is 2.06 bits per heavy atom. The second-order valence-corrected chi connectivity index (χ2v) is 8.01. The van der Waals surface area contributed by atoms with Gasteiger partial charge in [0.1, 0.15) is 5.56 Å². The molecule has 0 saturated carbocycles. The van der Waals surface area contributed by atoms with Gasteiger partial charge in [-0.3, -0.25) is 4.68 Å². The van der Waals surface area contributed by atoms with Crippen molar-refractivity contribution < 1.29 is 13.2 Å². The van der Waals surface area contributed by atoms with E-state index in [0.29, 0.717) is 10.9 Å². The summed E-state index contributed by atoms with van der Waals surface area (Å²) in [6.45, 7) is 1.66. The van der Waals surface area contributed by atoms with E-state index < -0.39 is 11.7 Å². The van der Waals surface area contributed by atoms with Crippen LogP contribution in [0.5, 0.6) is 0 Å². The summed E-state index contributed by atoms with van der Waals surface area (Å²) in [6.07, 6.45) is 3.40. The zero-order valence-electron chi connectivity index (χ0n) is 17.4. The maximum Gasteiger partial charge on any atom is 0.419 e. The molecule has 7 nitrogen and oxygen atoms in total. The molecule has 0 amide bonds. The van der Waals surface area contributed by atoms with Crippen molar-refractivity contribution in [1.29, 1.82) is 0 Å². The van der Waals surface area contributed by atoms with Gasteiger partial charge in [-0.25, -0.2) is 9.97 Å². The molecule has 1 atom stereocenters. The summed E-state index contributed by atoms with van der Waals surface area (Å²) >= 11 is 0. The molecular formula is C22H22F3N7. The third-order valence-corrected chi connectivity index (χ3v) is 5.70. The second-order valence-electron chi connectivity index (χ2n) is 8.01.